The largest absolute Gasteiger partial charge is 0.306 e. The molecule has 1 heterocycles. The molecule has 0 amide bonds. The van der Waals surface area contributed by atoms with E-state index < -0.39 is 0 Å². The third kappa shape index (κ3) is 1.84. The Bertz CT molecular complexity index is 132. The van der Waals surface area contributed by atoms with Gasteiger partial charge in [-0.25, -0.2) is 0 Å². The summed E-state index contributed by atoms with van der Waals surface area (Å²) in [6.45, 7) is 8.68. The van der Waals surface area contributed by atoms with Crippen molar-refractivity contribution in [2.24, 2.45) is 5.41 Å². The molecule has 1 aliphatic rings. The van der Waals surface area contributed by atoms with Gasteiger partial charge in [0.25, 0.3) is 0 Å². The summed E-state index contributed by atoms with van der Waals surface area (Å²) in [6.07, 6.45) is 6.01. The van der Waals surface area contributed by atoms with Crippen LogP contribution in [-0.4, -0.2) is 25.0 Å². The van der Waals surface area contributed by atoms with Gasteiger partial charge in [-0.1, -0.05) is 13.0 Å². The number of allylic oxidation sites excluding steroid dienone is 1. The van der Waals surface area contributed by atoms with Crippen LogP contribution in [0.25, 0.3) is 0 Å². The normalized spacial score (nSPS) is 24.9. The fourth-order valence-corrected chi connectivity index (χ4v) is 1.77. The molecule has 0 aromatic carbocycles. The lowest BCUT2D eigenvalue weighted by atomic mass is 9.76. The van der Waals surface area contributed by atoms with Crippen LogP contribution in [0.3, 0.4) is 0 Å². The zero-order valence-electron chi connectivity index (χ0n) is 7.77. The minimum Gasteiger partial charge on any atom is -0.306 e. The van der Waals surface area contributed by atoms with E-state index in [1.165, 1.54) is 32.4 Å². The Hall–Kier alpha value is -0.300. The second-order valence-corrected chi connectivity index (χ2v) is 3.72. The number of nitrogens with zero attached hydrogens (tertiary/aromatic N) is 1. The van der Waals surface area contributed by atoms with Gasteiger partial charge in [0.1, 0.15) is 0 Å². The van der Waals surface area contributed by atoms with Crippen LogP contribution in [0, 0.1) is 5.41 Å². The topological polar surface area (TPSA) is 3.24 Å². The van der Waals surface area contributed by atoms with Gasteiger partial charge < -0.3 is 4.90 Å². The van der Waals surface area contributed by atoms with Crippen molar-refractivity contribution in [2.45, 2.75) is 26.2 Å². The van der Waals surface area contributed by atoms with Crippen LogP contribution in [0.1, 0.15) is 26.2 Å². The van der Waals surface area contributed by atoms with E-state index in [2.05, 4.69) is 31.5 Å². The molecule has 1 fully saturated rings. The fourth-order valence-electron chi connectivity index (χ4n) is 1.77. The maximum atomic E-state index is 3.93. The Morgan fingerprint density at radius 2 is 2.00 bits per heavy atom. The molecule has 0 spiro atoms. The van der Waals surface area contributed by atoms with Gasteiger partial charge in [0.15, 0.2) is 0 Å². The van der Waals surface area contributed by atoms with Crippen molar-refractivity contribution in [2.75, 3.05) is 20.1 Å². The van der Waals surface area contributed by atoms with Crippen LogP contribution in [0.5, 0.6) is 0 Å². The van der Waals surface area contributed by atoms with Gasteiger partial charge in [-0.3, -0.25) is 0 Å². The monoisotopic (exact) mass is 153 g/mol. The molecule has 0 aromatic heterocycles. The smallest absolute Gasteiger partial charge is 0.00135 e. The lowest BCUT2D eigenvalue weighted by Gasteiger charge is -2.37. The third-order valence-corrected chi connectivity index (χ3v) is 3.12. The zero-order valence-corrected chi connectivity index (χ0v) is 7.77. The van der Waals surface area contributed by atoms with Gasteiger partial charge >= 0.3 is 0 Å². The molecule has 0 aliphatic carbocycles. The summed E-state index contributed by atoms with van der Waals surface area (Å²) >= 11 is 0. The van der Waals surface area contributed by atoms with E-state index in [-0.39, 0.29) is 0 Å². The van der Waals surface area contributed by atoms with Crippen LogP contribution >= 0.6 is 0 Å². The van der Waals surface area contributed by atoms with E-state index in [0.717, 1.165) is 0 Å². The molecule has 0 aromatic rings. The summed E-state index contributed by atoms with van der Waals surface area (Å²) in [4.78, 5) is 2.40. The van der Waals surface area contributed by atoms with Crippen LogP contribution < -0.4 is 0 Å². The Morgan fingerprint density at radius 1 is 1.45 bits per heavy atom. The van der Waals surface area contributed by atoms with Crippen LogP contribution in [-0.2, 0) is 0 Å². The molecule has 0 atom stereocenters. The molecule has 64 valence electrons. The Labute approximate surface area is 70.1 Å². The first-order valence-corrected chi connectivity index (χ1v) is 4.54. The second kappa shape index (κ2) is 3.40. The van der Waals surface area contributed by atoms with Gasteiger partial charge in [-0.05, 0) is 44.8 Å². The van der Waals surface area contributed by atoms with E-state index >= 15 is 0 Å². The predicted molar refractivity (Wildman–Crippen MR) is 49.7 cm³/mol. The molecule has 1 nitrogen and oxygen atoms in total. The second-order valence-electron chi connectivity index (χ2n) is 3.72. The van der Waals surface area contributed by atoms with E-state index in [0.29, 0.717) is 5.41 Å². The molecule has 1 heteroatoms. The molecular weight excluding hydrogens is 134 g/mol. The van der Waals surface area contributed by atoms with Crippen molar-refractivity contribution in [1.82, 2.24) is 4.90 Å². The highest BCUT2D eigenvalue weighted by molar-refractivity contribution is 4.96. The molecule has 0 unspecified atom stereocenters. The van der Waals surface area contributed by atoms with Gasteiger partial charge in [0, 0.05) is 0 Å². The highest BCUT2D eigenvalue weighted by Gasteiger charge is 2.28. The van der Waals surface area contributed by atoms with Gasteiger partial charge in [-0.15, -0.1) is 6.58 Å². The van der Waals surface area contributed by atoms with Gasteiger partial charge in [-0.2, -0.15) is 0 Å². The van der Waals surface area contributed by atoms with Crippen LogP contribution in [0.2, 0.25) is 0 Å². The first-order valence-electron chi connectivity index (χ1n) is 4.54. The average molecular weight is 153 g/mol. The van der Waals surface area contributed by atoms with Crippen LogP contribution in [0.4, 0.5) is 0 Å². The fraction of sp³-hybridized carbons (Fsp3) is 0.800. The van der Waals surface area contributed by atoms with Crippen molar-refractivity contribution in [3.8, 4) is 0 Å². The predicted octanol–water partition coefficient (Wildman–Crippen LogP) is 2.29. The summed E-state index contributed by atoms with van der Waals surface area (Å²) in [5, 5.41) is 0. The van der Waals surface area contributed by atoms with Crippen molar-refractivity contribution in [3.05, 3.63) is 12.7 Å². The van der Waals surface area contributed by atoms with E-state index in [9.17, 15) is 0 Å². The summed E-state index contributed by atoms with van der Waals surface area (Å²) in [5.74, 6) is 0. The summed E-state index contributed by atoms with van der Waals surface area (Å²) in [7, 11) is 2.20. The summed E-state index contributed by atoms with van der Waals surface area (Å²) in [5.41, 5.74) is 0.465. The van der Waals surface area contributed by atoms with E-state index in [4.69, 9.17) is 0 Å². The highest BCUT2D eigenvalue weighted by Crippen LogP contribution is 2.35. The molecule has 0 bridgehead atoms. The maximum absolute atomic E-state index is 3.93. The number of likely N-dealkylation sites (tertiary alicyclic amines) is 1. The van der Waals surface area contributed by atoms with E-state index in [1.54, 1.807) is 0 Å². The lowest BCUT2D eigenvalue weighted by molar-refractivity contribution is 0.161. The molecular formula is C10H19N. The quantitative estimate of drug-likeness (QED) is 0.550. The van der Waals surface area contributed by atoms with Crippen molar-refractivity contribution >= 4 is 0 Å². The lowest BCUT2D eigenvalue weighted by Crippen LogP contribution is -2.36. The van der Waals surface area contributed by atoms with Crippen molar-refractivity contribution < 1.29 is 0 Å². The molecule has 0 N–H and O–H groups in total. The zero-order chi connectivity index (χ0) is 8.32. The third-order valence-electron chi connectivity index (χ3n) is 3.12. The standard InChI is InChI=1S/C10H19N/c1-4-10(5-2)6-8-11(3)9-7-10/h4H,1,5-9H2,2-3H3. The van der Waals surface area contributed by atoms with Crippen molar-refractivity contribution in [1.29, 1.82) is 0 Å². The molecule has 0 saturated carbocycles. The van der Waals surface area contributed by atoms with Crippen molar-refractivity contribution in [3.63, 3.8) is 0 Å². The first-order chi connectivity index (χ1) is 5.22. The average Bonchev–Trinajstić information content (AvgIpc) is 2.07. The molecule has 1 aliphatic heterocycles. The van der Waals surface area contributed by atoms with Crippen LogP contribution in [0.15, 0.2) is 12.7 Å². The Kier molecular flexibility index (Phi) is 2.72. The number of hydrogen-bond acceptors (Lipinski definition) is 1. The highest BCUT2D eigenvalue weighted by atomic mass is 15.1. The summed E-state index contributed by atoms with van der Waals surface area (Å²) in [6, 6.07) is 0. The van der Waals surface area contributed by atoms with Gasteiger partial charge in [0.2, 0.25) is 0 Å². The number of rotatable bonds is 2. The molecule has 1 rings (SSSR count). The Balaban J connectivity index is 2.52. The van der Waals surface area contributed by atoms with Gasteiger partial charge in [0.05, 0.1) is 0 Å². The molecule has 0 radical (unpaired) electrons. The molecule has 1 saturated heterocycles. The van der Waals surface area contributed by atoms with E-state index in [1.807, 2.05) is 0 Å². The SMILES string of the molecule is C=CC1(CC)CCN(C)CC1. The molecule has 11 heavy (non-hydrogen) atoms. The minimum absolute atomic E-state index is 0.465. The first kappa shape index (κ1) is 8.79. The maximum Gasteiger partial charge on any atom is -0.00135 e. The Morgan fingerprint density at radius 3 is 2.36 bits per heavy atom. The summed E-state index contributed by atoms with van der Waals surface area (Å²) < 4.78 is 0. The minimum atomic E-state index is 0.465. The number of piperidine rings is 1. The number of hydrogen-bond donors (Lipinski definition) is 0.